The molecule has 2 fully saturated rings. The Hall–Kier alpha value is -0.290. The van der Waals surface area contributed by atoms with Gasteiger partial charge < -0.3 is 9.84 Å². The van der Waals surface area contributed by atoms with Crippen molar-refractivity contribution in [1.82, 2.24) is 0 Å². The molecular weight excluding hydrogens is 209 g/mol. The second kappa shape index (κ2) is 3.63. The number of halogens is 3. The van der Waals surface area contributed by atoms with Gasteiger partial charge in [-0.25, -0.2) is 13.2 Å². The van der Waals surface area contributed by atoms with Crippen molar-refractivity contribution in [3.63, 3.8) is 0 Å². The molecule has 0 saturated heterocycles. The Morgan fingerprint density at radius 2 is 1.93 bits per heavy atom. The average Bonchev–Trinajstić information content (AvgIpc) is 2.59. The molecule has 0 aromatic rings. The molecular formula is C10H15F3O2. The Morgan fingerprint density at radius 3 is 2.40 bits per heavy atom. The molecule has 3 atom stereocenters. The Morgan fingerprint density at radius 1 is 1.20 bits per heavy atom. The highest BCUT2D eigenvalue weighted by molar-refractivity contribution is 4.93. The first-order valence-electron chi connectivity index (χ1n) is 5.35. The number of aliphatic hydroxyl groups is 1. The highest BCUT2D eigenvalue weighted by Crippen LogP contribution is 2.46. The van der Waals surface area contributed by atoms with Crippen molar-refractivity contribution in [2.45, 2.75) is 62.5 Å². The summed E-state index contributed by atoms with van der Waals surface area (Å²) >= 11 is 0. The minimum absolute atomic E-state index is 0.0621. The molecule has 1 N–H and O–H groups in total. The summed E-state index contributed by atoms with van der Waals surface area (Å²) in [6.45, 7) is 0. The van der Waals surface area contributed by atoms with Crippen molar-refractivity contribution in [3.8, 4) is 0 Å². The van der Waals surface area contributed by atoms with E-state index in [1.165, 1.54) is 0 Å². The number of ether oxygens (including phenoxy) is 1. The Balaban J connectivity index is 1.98. The molecule has 2 nitrogen and oxygen atoms in total. The van der Waals surface area contributed by atoms with Gasteiger partial charge in [0.05, 0.1) is 6.10 Å². The summed E-state index contributed by atoms with van der Waals surface area (Å²) in [5, 5.41) is 9.67. The molecule has 0 spiro atoms. The Bertz CT molecular complexity index is 247. The fourth-order valence-electron chi connectivity index (χ4n) is 2.34. The van der Waals surface area contributed by atoms with Gasteiger partial charge in [0.2, 0.25) is 5.79 Å². The van der Waals surface area contributed by atoms with Crippen LogP contribution in [0.25, 0.3) is 0 Å². The highest BCUT2D eigenvalue weighted by atomic mass is 19.3. The van der Waals surface area contributed by atoms with Crippen molar-refractivity contribution >= 4 is 0 Å². The van der Waals surface area contributed by atoms with E-state index in [1.54, 1.807) is 0 Å². The fourth-order valence-corrected chi connectivity index (χ4v) is 2.34. The fraction of sp³-hybridized carbons (Fsp3) is 1.00. The van der Waals surface area contributed by atoms with Crippen molar-refractivity contribution in [3.05, 3.63) is 0 Å². The summed E-state index contributed by atoms with van der Waals surface area (Å²) in [7, 11) is 0. The van der Waals surface area contributed by atoms with Gasteiger partial charge in [-0.05, 0) is 19.3 Å². The molecule has 0 radical (unpaired) electrons. The predicted octanol–water partition coefficient (Wildman–Crippen LogP) is 2.40. The maximum absolute atomic E-state index is 13.3. The van der Waals surface area contributed by atoms with Gasteiger partial charge in [0.1, 0.15) is 6.17 Å². The lowest BCUT2D eigenvalue weighted by Gasteiger charge is -2.32. The van der Waals surface area contributed by atoms with E-state index in [-0.39, 0.29) is 25.7 Å². The lowest BCUT2D eigenvalue weighted by atomic mass is 10.1. The van der Waals surface area contributed by atoms with Crippen LogP contribution in [0.2, 0.25) is 0 Å². The van der Waals surface area contributed by atoms with Crippen LogP contribution in [0.5, 0.6) is 0 Å². The number of rotatable bonds is 2. The second-order valence-corrected chi connectivity index (χ2v) is 4.49. The normalized spacial score (nSPS) is 44.8. The zero-order chi connectivity index (χ0) is 11.1. The average molecular weight is 224 g/mol. The van der Waals surface area contributed by atoms with Crippen LogP contribution < -0.4 is 0 Å². The third-order valence-electron chi connectivity index (χ3n) is 3.26. The molecule has 5 heteroatoms. The van der Waals surface area contributed by atoms with E-state index < -0.39 is 24.0 Å². The van der Waals surface area contributed by atoms with E-state index in [2.05, 4.69) is 0 Å². The smallest absolute Gasteiger partial charge is 0.300 e. The molecule has 15 heavy (non-hydrogen) atoms. The molecule has 0 aromatic heterocycles. The van der Waals surface area contributed by atoms with Crippen LogP contribution in [0.4, 0.5) is 13.2 Å². The van der Waals surface area contributed by atoms with Crippen LogP contribution in [-0.4, -0.2) is 29.1 Å². The van der Waals surface area contributed by atoms with Crippen LogP contribution in [0, 0.1) is 0 Å². The van der Waals surface area contributed by atoms with E-state index in [9.17, 15) is 18.3 Å². The van der Waals surface area contributed by atoms with Gasteiger partial charge in [-0.2, -0.15) is 0 Å². The zero-order valence-corrected chi connectivity index (χ0v) is 8.39. The van der Waals surface area contributed by atoms with Gasteiger partial charge in [0.15, 0.2) is 0 Å². The summed E-state index contributed by atoms with van der Waals surface area (Å²) in [4.78, 5) is 0. The van der Waals surface area contributed by atoms with Crippen LogP contribution in [0.1, 0.15) is 38.5 Å². The standard InChI is InChI=1S/C10H15F3O2/c11-7-2-3-8(6-7)15-10(14)5-1-4-9(10,12)13/h7-8,14H,1-6H2. The summed E-state index contributed by atoms with van der Waals surface area (Å²) in [5.41, 5.74) is 0. The third kappa shape index (κ3) is 1.99. The van der Waals surface area contributed by atoms with Crippen LogP contribution in [0.15, 0.2) is 0 Å². The Labute approximate surface area is 86.4 Å². The van der Waals surface area contributed by atoms with E-state index in [0.717, 1.165) is 0 Å². The summed E-state index contributed by atoms with van der Waals surface area (Å²) in [5.74, 6) is -5.55. The molecule has 0 amide bonds. The first-order valence-corrected chi connectivity index (χ1v) is 5.35. The quantitative estimate of drug-likeness (QED) is 0.730. The molecule has 88 valence electrons. The van der Waals surface area contributed by atoms with Crippen LogP contribution in [-0.2, 0) is 4.74 Å². The van der Waals surface area contributed by atoms with Gasteiger partial charge in [0, 0.05) is 19.3 Å². The molecule has 2 aliphatic rings. The maximum Gasteiger partial charge on any atom is 0.300 e. The molecule has 0 aliphatic heterocycles. The van der Waals surface area contributed by atoms with Crippen molar-refractivity contribution in [2.24, 2.45) is 0 Å². The van der Waals surface area contributed by atoms with Crippen LogP contribution in [0.3, 0.4) is 0 Å². The molecule has 2 aliphatic carbocycles. The van der Waals surface area contributed by atoms with Gasteiger partial charge in [-0.1, -0.05) is 0 Å². The van der Waals surface area contributed by atoms with Gasteiger partial charge in [-0.3, -0.25) is 0 Å². The van der Waals surface area contributed by atoms with E-state index >= 15 is 0 Å². The summed E-state index contributed by atoms with van der Waals surface area (Å²) < 4.78 is 44.4. The van der Waals surface area contributed by atoms with Gasteiger partial charge in [0.25, 0.3) is 0 Å². The first-order chi connectivity index (χ1) is 6.93. The van der Waals surface area contributed by atoms with E-state index in [4.69, 9.17) is 4.74 Å². The first kappa shape index (κ1) is 11.2. The molecule has 3 unspecified atom stereocenters. The lowest BCUT2D eigenvalue weighted by molar-refractivity contribution is -0.317. The second-order valence-electron chi connectivity index (χ2n) is 4.49. The number of alkyl halides is 3. The minimum Gasteiger partial charge on any atom is -0.361 e. The van der Waals surface area contributed by atoms with Gasteiger partial charge in [-0.15, -0.1) is 0 Å². The summed E-state index contributed by atoms with van der Waals surface area (Å²) in [6.07, 6.45) is -0.829. The molecule has 0 aromatic carbocycles. The largest absolute Gasteiger partial charge is 0.361 e. The lowest BCUT2D eigenvalue weighted by Crippen LogP contribution is -2.47. The predicted molar refractivity (Wildman–Crippen MR) is 47.4 cm³/mol. The monoisotopic (exact) mass is 224 g/mol. The number of hydrogen-bond acceptors (Lipinski definition) is 2. The van der Waals surface area contributed by atoms with Crippen LogP contribution >= 0.6 is 0 Å². The zero-order valence-electron chi connectivity index (χ0n) is 8.39. The minimum atomic E-state index is -3.19. The van der Waals surface area contributed by atoms with Crippen molar-refractivity contribution < 1.29 is 23.0 Å². The molecule has 2 saturated carbocycles. The maximum atomic E-state index is 13.3. The molecule has 2 rings (SSSR count). The highest BCUT2D eigenvalue weighted by Gasteiger charge is 2.58. The topological polar surface area (TPSA) is 29.5 Å². The van der Waals surface area contributed by atoms with Crippen molar-refractivity contribution in [1.29, 1.82) is 0 Å². The number of hydrogen-bond donors (Lipinski definition) is 1. The molecule has 0 heterocycles. The Kier molecular flexibility index (Phi) is 2.71. The summed E-state index contributed by atoms with van der Waals surface area (Å²) in [6, 6.07) is 0. The van der Waals surface area contributed by atoms with E-state index in [1.807, 2.05) is 0 Å². The molecule has 0 bridgehead atoms. The van der Waals surface area contributed by atoms with Crippen molar-refractivity contribution in [2.75, 3.05) is 0 Å². The third-order valence-corrected chi connectivity index (χ3v) is 3.26. The SMILES string of the molecule is OC1(OC2CCC(F)C2)CCCC1(F)F. The van der Waals surface area contributed by atoms with Gasteiger partial charge >= 0.3 is 5.92 Å². The van der Waals surface area contributed by atoms with E-state index in [0.29, 0.717) is 12.8 Å².